The highest BCUT2D eigenvalue weighted by atomic mass is 19.1. The maximum Gasteiger partial charge on any atom is 0.165 e. The van der Waals surface area contributed by atoms with Crippen LogP contribution >= 0.6 is 0 Å². The zero-order chi connectivity index (χ0) is 20.2. The molecule has 4 atom stereocenters. The van der Waals surface area contributed by atoms with E-state index in [1.807, 2.05) is 6.08 Å². The van der Waals surface area contributed by atoms with Crippen molar-refractivity contribution in [1.29, 1.82) is 0 Å². The number of methoxy groups -OCH3 is 1. The molecular formula is C26H27FO2. The number of carbonyl (C=O) groups excluding carboxylic acids is 1. The summed E-state index contributed by atoms with van der Waals surface area (Å²) in [5, 5.41) is 0. The van der Waals surface area contributed by atoms with E-state index >= 15 is 0 Å². The molecule has 0 spiro atoms. The standard InChI is InChI=1S/C26H27FO2/c1-26-12-11-22-21-10-8-20(29-2)14-17(21)5-9-23(22)24(26)15-18(25(26)28)13-16-3-6-19(27)7-4-16/h3-4,6-8,10,13-14,22-24H,5,9,11-12,15H2,1-2H3/b18-13+/t22-,23-,24-,26-/m0/s1. The normalized spacial score (nSPS) is 31.9. The molecule has 3 aliphatic rings. The average Bonchev–Trinajstić information content (AvgIpc) is 2.99. The van der Waals surface area contributed by atoms with Gasteiger partial charge in [-0.05, 0) is 102 Å². The Morgan fingerprint density at radius 1 is 1.14 bits per heavy atom. The van der Waals surface area contributed by atoms with Gasteiger partial charge in [-0.1, -0.05) is 25.1 Å². The summed E-state index contributed by atoms with van der Waals surface area (Å²) in [5.41, 5.74) is 4.46. The molecule has 29 heavy (non-hydrogen) atoms. The van der Waals surface area contributed by atoms with Crippen LogP contribution in [0.1, 0.15) is 55.2 Å². The molecule has 0 aliphatic heterocycles. The number of carbonyl (C=O) groups is 1. The van der Waals surface area contributed by atoms with Gasteiger partial charge in [-0.2, -0.15) is 0 Å². The van der Waals surface area contributed by atoms with Gasteiger partial charge in [0.2, 0.25) is 0 Å². The van der Waals surface area contributed by atoms with E-state index in [1.165, 1.54) is 23.3 Å². The fourth-order valence-corrected chi connectivity index (χ4v) is 6.25. The third-order valence-electron chi connectivity index (χ3n) is 7.78. The molecule has 2 aromatic rings. The van der Waals surface area contributed by atoms with Crippen molar-refractivity contribution in [1.82, 2.24) is 0 Å². The minimum atomic E-state index is -0.253. The monoisotopic (exact) mass is 390 g/mol. The van der Waals surface area contributed by atoms with Crippen molar-refractivity contribution >= 4 is 11.9 Å². The van der Waals surface area contributed by atoms with Gasteiger partial charge in [0.1, 0.15) is 11.6 Å². The summed E-state index contributed by atoms with van der Waals surface area (Å²) < 4.78 is 18.7. The van der Waals surface area contributed by atoms with Crippen LogP contribution < -0.4 is 4.74 Å². The maximum atomic E-state index is 13.4. The van der Waals surface area contributed by atoms with Crippen LogP contribution in [0.15, 0.2) is 48.0 Å². The molecular weight excluding hydrogens is 363 g/mol. The van der Waals surface area contributed by atoms with E-state index < -0.39 is 0 Å². The first-order valence-electron chi connectivity index (χ1n) is 10.7. The Morgan fingerprint density at radius 2 is 1.93 bits per heavy atom. The second-order valence-corrected chi connectivity index (χ2v) is 9.19. The number of hydrogen-bond acceptors (Lipinski definition) is 2. The minimum absolute atomic E-state index is 0.245. The number of ether oxygens (including phenoxy) is 1. The number of halogens is 1. The fraction of sp³-hybridized carbons (Fsp3) is 0.423. The van der Waals surface area contributed by atoms with Crippen LogP contribution in [0.25, 0.3) is 6.08 Å². The van der Waals surface area contributed by atoms with Crippen molar-refractivity contribution in [2.75, 3.05) is 7.11 Å². The van der Waals surface area contributed by atoms with Crippen molar-refractivity contribution in [2.24, 2.45) is 17.3 Å². The molecule has 3 aliphatic carbocycles. The Labute approximate surface area is 171 Å². The molecule has 0 N–H and O–H groups in total. The second-order valence-electron chi connectivity index (χ2n) is 9.19. The third-order valence-corrected chi connectivity index (χ3v) is 7.78. The summed E-state index contributed by atoms with van der Waals surface area (Å²) >= 11 is 0. The van der Waals surface area contributed by atoms with Crippen molar-refractivity contribution in [3.8, 4) is 5.75 Å². The molecule has 0 amide bonds. The Balaban J connectivity index is 1.47. The summed E-state index contributed by atoms with van der Waals surface area (Å²) in [7, 11) is 1.72. The van der Waals surface area contributed by atoms with Gasteiger partial charge in [-0.15, -0.1) is 0 Å². The van der Waals surface area contributed by atoms with E-state index in [0.717, 1.165) is 49.0 Å². The van der Waals surface area contributed by atoms with E-state index in [2.05, 4.69) is 25.1 Å². The lowest BCUT2D eigenvalue weighted by Gasteiger charge is -2.48. The molecule has 5 rings (SSSR count). The lowest BCUT2D eigenvalue weighted by atomic mass is 9.55. The zero-order valence-electron chi connectivity index (χ0n) is 17.1. The van der Waals surface area contributed by atoms with Gasteiger partial charge in [-0.3, -0.25) is 4.79 Å². The number of benzene rings is 2. The van der Waals surface area contributed by atoms with Crippen molar-refractivity contribution in [3.63, 3.8) is 0 Å². The Morgan fingerprint density at radius 3 is 2.69 bits per heavy atom. The number of rotatable bonds is 2. The predicted octanol–water partition coefficient (Wildman–Crippen LogP) is 5.95. The molecule has 2 nitrogen and oxygen atoms in total. The molecule has 0 saturated heterocycles. The largest absolute Gasteiger partial charge is 0.497 e. The molecule has 0 bridgehead atoms. The van der Waals surface area contributed by atoms with Crippen LogP contribution in [-0.2, 0) is 11.2 Å². The van der Waals surface area contributed by atoms with Crippen LogP contribution in [0, 0.1) is 23.1 Å². The van der Waals surface area contributed by atoms with Gasteiger partial charge in [-0.25, -0.2) is 4.39 Å². The van der Waals surface area contributed by atoms with Crippen LogP contribution in [0.5, 0.6) is 5.75 Å². The highest BCUT2D eigenvalue weighted by molar-refractivity contribution is 6.06. The fourth-order valence-electron chi connectivity index (χ4n) is 6.25. The predicted molar refractivity (Wildman–Crippen MR) is 112 cm³/mol. The van der Waals surface area contributed by atoms with E-state index in [4.69, 9.17) is 4.74 Å². The topological polar surface area (TPSA) is 26.3 Å². The van der Waals surface area contributed by atoms with Crippen LogP contribution in [0.4, 0.5) is 4.39 Å². The van der Waals surface area contributed by atoms with Crippen molar-refractivity contribution in [2.45, 2.75) is 44.9 Å². The SMILES string of the molecule is COc1ccc2c(c1)CC[C@H]1[C@H]2CC[C@]2(C)C(=O)/C(=C/c3ccc(F)cc3)C[C@@H]12. The van der Waals surface area contributed by atoms with Gasteiger partial charge < -0.3 is 4.74 Å². The first kappa shape index (κ1) is 18.6. The second kappa shape index (κ2) is 6.83. The summed E-state index contributed by atoms with van der Waals surface area (Å²) in [6.07, 6.45) is 7.06. The van der Waals surface area contributed by atoms with Crippen molar-refractivity contribution in [3.05, 3.63) is 70.5 Å². The third kappa shape index (κ3) is 2.94. The summed E-state index contributed by atoms with van der Waals surface area (Å²) in [6, 6.07) is 13.0. The molecule has 3 heteroatoms. The minimum Gasteiger partial charge on any atom is -0.497 e. The Bertz CT molecular complexity index is 990. The molecule has 0 unspecified atom stereocenters. The molecule has 0 heterocycles. The molecule has 2 saturated carbocycles. The first-order valence-corrected chi connectivity index (χ1v) is 10.7. The van der Waals surface area contributed by atoms with Gasteiger partial charge in [0.15, 0.2) is 5.78 Å². The maximum absolute atomic E-state index is 13.4. The Hall–Kier alpha value is -2.42. The average molecular weight is 390 g/mol. The van der Waals surface area contributed by atoms with Crippen molar-refractivity contribution < 1.29 is 13.9 Å². The molecule has 0 aromatic heterocycles. The smallest absolute Gasteiger partial charge is 0.165 e. The zero-order valence-corrected chi connectivity index (χ0v) is 17.1. The van der Waals surface area contributed by atoms with Crippen LogP contribution in [0.3, 0.4) is 0 Å². The number of aryl methyl sites for hydroxylation is 1. The highest BCUT2D eigenvalue weighted by Gasteiger charge is 2.56. The lowest BCUT2D eigenvalue weighted by Crippen LogP contribution is -2.42. The number of Topliss-reactive ketones (excluding diaryl/α,β-unsaturated/α-hetero) is 1. The van der Waals surface area contributed by atoms with Crippen LogP contribution in [-0.4, -0.2) is 12.9 Å². The molecule has 2 fully saturated rings. The number of ketones is 1. The number of allylic oxidation sites excluding steroid dienone is 1. The van der Waals surface area contributed by atoms with Gasteiger partial charge in [0.25, 0.3) is 0 Å². The van der Waals surface area contributed by atoms with E-state index in [9.17, 15) is 9.18 Å². The van der Waals surface area contributed by atoms with E-state index in [1.54, 1.807) is 19.2 Å². The molecule has 0 radical (unpaired) electrons. The van der Waals surface area contributed by atoms with E-state index in [0.29, 0.717) is 23.5 Å². The van der Waals surface area contributed by atoms with Gasteiger partial charge in [0.05, 0.1) is 7.11 Å². The summed E-state index contributed by atoms with van der Waals surface area (Å²) in [6.45, 7) is 2.19. The number of hydrogen-bond donors (Lipinski definition) is 0. The number of fused-ring (bicyclic) bond motifs is 5. The molecule has 150 valence electrons. The van der Waals surface area contributed by atoms with E-state index in [-0.39, 0.29) is 11.2 Å². The summed E-state index contributed by atoms with van der Waals surface area (Å²) in [4.78, 5) is 13.4. The van der Waals surface area contributed by atoms with Crippen LogP contribution in [0.2, 0.25) is 0 Å². The highest BCUT2D eigenvalue weighted by Crippen LogP contribution is 2.60. The molecule has 2 aromatic carbocycles. The lowest BCUT2D eigenvalue weighted by molar-refractivity contribution is -0.127. The van der Waals surface area contributed by atoms with Gasteiger partial charge >= 0.3 is 0 Å². The first-order chi connectivity index (χ1) is 14.0. The summed E-state index contributed by atoms with van der Waals surface area (Å²) in [5.74, 6) is 2.49. The quantitative estimate of drug-likeness (QED) is 0.592. The van der Waals surface area contributed by atoms with Gasteiger partial charge in [0, 0.05) is 5.41 Å². The Kier molecular flexibility index (Phi) is 4.38.